The van der Waals surface area contributed by atoms with Crippen LogP contribution >= 0.6 is 0 Å². The minimum absolute atomic E-state index is 0.654. The topological polar surface area (TPSA) is 50.2 Å². The summed E-state index contributed by atoms with van der Waals surface area (Å²) >= 11 is -1.64. The van der Waals surface area contributed by atoms with E-state index in [2.05, 4.69) is 4.98 Å². The van der Waals surface area contributed by atoms with Gasteiger partial charge in [0, 0.05) is 0 Å². The van der Waals surface area contributed by atoms with E-state index < -0.39 is 27.8 Å². The number of pyridine rings is 1. The molecule has 0 unspecified atom stereocenters. The van der Waals surface area contributed by atoms with Crippen LogP contribution in [0.4, 0.5) is 4.79 Å². The zero-order valence-corrected chi connectivity index (χ0v) is 9.00. The summed E-state index contributed by atoms with van der Waals surface area (Å²) in [6.07, 6.45) is 1.63. The maximum absolute atomic E-state index is 10.2. The van der Waals surface area contributed by atoms with E-state index in [9.17, 15) is 4.79 Å². The van der Waals surface area contributed by atoms with Crippen molar-refractivity contribution in [2.24, 2.45) is 0 Å². The number of hydrogen-bond acceptors (Lipinski definition) is 2. The van der Waals surface area contributed by atoms with Crippen molar-refractivity contribution < 1.29 is 9.90 Å². The number of nitrogens with zero attached hydrogens (tertiary/aromatic N) is 1. The van der Waals surface area contributed by atoms with Gasteiger partial charge in [0.2, 0.25) is 0 Å². The molecule has 0 aliphatic heterocycles. The fourth-order valence-corrected chi connectivity index (χ4v) is 2.64. The summed E-state index contributed by atoms with van der Waals surface area (Å²) in [5, 5.41) is 8.41. The van der Waals surface area contributed by atoms with Gasteiger partial charge in [0.05, 0.1) is 0 Å². The van der Waals surface area contributed by atoms with Crippen molar-refractivity contribution in [1.29, 1.82) is 0 Å². The zero-order valence-electron chi connectivity index (χ0n) is 5.11. The second-order valence-corrected chi connectivity index (χ2v) is 6.27. The molecule has 0 aromatic carbocycles. The fraction of sp³-hybridized carbons (Fsp3) is 0. The predicted molar refractivity (Wildman–Crippen MR) is 37.6 cm³/mol. The quantitative estimate of drug-likeness (QED) is 0.782. The molecule has 0 atom stereocenters. The second kappa shape index (κ2) is 3.65. The molecule has 3 nitrogen and oxygen atoms in total. The number of carboxylic acid groups (broad SMARTS) is 1. The normalized spacial score (nSPS) is 9.20. The van der Waals surface area contributed by atoms with Gasteiger partial charge < -0.3 is 0 Å². The van der Waals surface area contributed by atoms with Crippen LogP contribution in [0.3, 0.4) is 0 Å². The average molecular weight is 330 g/mol. The first-order valence-electron chi connectivity index (χ1n) is 2.70. The molecule has 0 spiro atoms. The average Bonchev–Trinajstić information content (AvgIpc) is 1.88. The van der Waals surface area contributed by atoms with Crippen LogP contribution < -0.4 is 3.25 Å². The molecule has 1 N–H and O–H groups in total. The zero-order chi connectivity index (χ0) is 7.40. The van der Waals surface area contributed by atoms with Gasteiger partial charge in [-0.05, 0) is 0 Å². The van der Waals surface area contributed by atoms with Gasteiger partial charge in [-0.1, -0.05) is 0 Å². The van der Waals surface area contributed by atoms with Crippen molar-refractivity contribution in [2.75, 3.05) is 0 Å². The molecule has 2 radical (unpaired) electrons. The van der Waals surface area contributed by atoms with Crippen molar-refractivity contribution in [3.8, 4) is 0 Å². The van der Waals surface area contributed by atoms with E-state index in [1.54, 1.807) is 18.3 Å². The van der Waals surface area contributed by atoms with E-state index in [0.717, 1.165) is 3.25 Å². The van der Waals surface area contributed by atoms with Crippen LogP contribution in [0.5, 0.6) is 0 Å². The first-order chi connectivity index (χ1) is 4.79. The molecule has 0 saturated heterocycles. The van der Waals surface area contributed by atoms with Gasteiger partial charge in [-0.15, -0.1) is 0 Å². The van der Waals surface area contributed by atoms with Crippen molar-refractivity contribution in [2.45, 2.75) is 0 Å². The van der Waals surface area contributed by atoms with Gasteiger partial charge in [-0.25, -0.2) is 0 Å². The second-order valence-electron chi connectivity index (χ2n) is 1.65. The number of aromatic nitrogens is 1. The number of hydrogen-bond donors (Lipinski definition) is 1. The van der Waals surface area contributed by atoms with E-state index >= 15 is 0 Å². The first-order valence-corrected chi connectivity index (χ1v) is 6.59. The molecule has 0 aliphatic rings. The molecule has 10 heavy (non-hydrogen) atoms. The summed E-state index contributed by atoms with van der Waals surface area (Å²) in [4.78, 5) is 14.1. The van der Waals surface area contributed by atoms with Crippen LogP contribution in [0, 0.1) is 0 Å². The number of rotatable bonds is 2. The Hall–Kier alpha value is -0.458. The molecule has 4 heteroatoms. The summed E-state index contributed by atoms with van der Waals surface area (Å²) in [6, 6.07) is 5.38. The Kier molecular flexibility index (Phi) is 2.79. The SMILES string of the molecule is O=[C](O)[Pb][c]1ccccn1. The van der Waals surface area contributed by atoms with E-state index in [-0.39, 0.29) is 0 Å². The van der Waals surface area contributed by atoms with Gasteiger partial charge in [0.1, 0.15) is 0 Å². The standard InChI is InChI=1S/C5H4N.CHO2.Pb/c1-2-4-6-5-3-1;2-1-3;/h1-4H;(H,2,3);. The Bertz CT molecular complexity index is 224. The number of carbonyl (C=O) groups is 1. The minimum atomic E-state index is -1.64. The summed E-state index contributed by atoms with van der Waals surface area (Å²) in [6.45, 7) is 0. The first kappa shape index (κ1) is 7.65. The predicted octanol–water partition coefficient (Wildman–Crippen LogP) is 0.0891. The van der Waals surface area contributed by atoms with Crippen molar-refractivity contribution in [1.82, 2.24) is 4.98 Å². The van der Waals surface area contributed by atoms with Crippen LogP contribution in [0.1, 0.15) is 0 Å². The summed E-state index contributed by atoms with van der Waals surface area (Å²) in [7, 11) is 0. The Balaban J connectivity index is 2.67. The van der Waals surface area contributed by atoms with E-state index in [1.165, 1.54) is 0 Å². The molecule has 0 amide bonds. The third-order valence-corrected chi connectivity index (χ3v) is 3.88. The summed E-state index contributed by atoms with van der Waals surface area (Å²) in [5.74, 6) is 0. The summed E-state index contributed by atoms with van der Waals surface area (Å²) < 4.78 is 0.133. The van der Waals surface area contributed by atoms with Gasteiger partial charge in [0.25, 0.3) is 0 Å². The Morgan fingerprint density at radius 2 is 2.40 bits per heavy atom. The molecule has 0 saturated carbocycles. The van der Waals surface area contributed by atoms with E-state index in [1.807, 2.05) is 6.07 Å². The van der Waals surface area contributed by atoms with Crippen molar-refractivity contribution >= 4 is 31.0 Å². The molecule has 0 fully saturated rings. The molecule has 1 aromatic rings. The van der Waals surface area contributed by atoms with Crippen molar-refractivity contribution in [3.63, 3.8) is 0 Å². The molecular weight excluding hydrogens is 325 g/mol. The summed E-state index contributed by atoms with van der Waals surface area (Å²) in [5.41, 5.74) is 0. The molecule has 50 valence electrons. The molecule has 1 aromatic heterocycles. The van der Waals surface area contributed by atoms with E-state index in [4.69, 9.17) is 5.11 Å². The van der Waals surface area contributed by atoms with Gasteiger partial charge in [-0.3, -0.25) is 0 Å². The van der Waals surface area contributed by atoms with Crippen LogP contribution in [0.2, 0.25) is 0 Å². The Labute approximate surface area is 70.3 Å². The van der Waals surface area contributed by atoms with Gasteiger partial charge in [0.15, 0.2) is 0 Å². The van der Waals surface area contributed by atoms with Crippen LogP contribution in [-0.4, -0.2) is 37.9 Å². The molecule has 0 bridgehead atoms. The van der Waals surface area contributed by atoms with Crippen LogP contribution in [0.15, 0.2) is 24.4 Å². The third-order valence-electron chi connectivity index (χ3n) is 0.900. The van der Waals surface area contributed by atoms with Crippen LogP contribution in [0.25, 0.3) is 0 Å². The molecular formula is C6H5NO2Pb. The van der Waals surface area contributed by atoms with Crippen LogP contribution in [-0.2, 0) is 0 Å². The van der Waals surface area contributed by atoms with Crippen molar-refractivity contribution in [3.05, 3.63) is 24.4 Å². The third kappa shape index (κ3) is 2.42. The molecule has 1 rings (SSSR count). The monoisotopic (exact) mass is 331 g/mol. The maximum atomic E-state index is 10.2. The molecule has 0 aliphatic carbocycles. The Morgan fingerprint density at radius 1 is 1.60 bits per heavy atom. The van der Waals surface area contributed by atoms with Gasteiger partial charge in [-0.2, -0.15) is 0 Å². The molecule has 1 heterocycles. The van der Waals surface area contributed by atoms with Gasteiger partial charge >= 0.3 is 70.3 Å². The Morgan fingerprint density at radius 3 is 2.90 bits per heavy atom. The fourth-order valence-electron chi connectivity index (χ4n) is 0.546. The van der Waals surface area contributed by atoms with E-state index in [0.29, 0.717) is 0 Å².